The van der Waals surface area contributed by atoms with E-state index in [0.717, 1.165) is 27.8 Å². The van der Waals surface area contributed by atoms with Crippen LogP contribution in [0.15, 0.2) is 60.9 Å². The molecule has 1 amide bonds. The van der Waals surface area contributed by atoms with Gasteiger partial charge in [-0.1, -0.05) is 6.92 Å². The van der Waals surface area contributed by atoms with Crippen LogP contribution >= 0.6 is 0 Å². The number of H-pyrrole nitrogens is 1. The Balaban J connectivity index is 1.72. The third-order valence-corrected chi connectivity index (χ3v) is 6.11. The largest absolute Gasteiger partial charge is 0.339 e. The molecular weight excluding hydrogens is 427 g/mol. The molecule has 0 aliphatic heterocycles. The second-order valence-corrected chi connectivity index (χ2v) is 9.22. The van der Waals surface area contributed by atoms with E-state index in [1.807, 2.05) is 25.1 Å². The van der Waals surface area contributed by atoms with Gasteiger partial charge in [0.05, 0.1) is 5.69 Å². The lowest BCUT2D eigenvalue weighted by Gasteiger charge is -2.11. The number of nitrogens with zero attached hydrogens (tertiary/aromatic N) is 2. The lowest BCUT2D eigenvalue weighted by Crippen LogP contribution is -2.22. The number of hydrogen-bond acceptors (Lipinski definition) is 4. The number of fused-ring (bicyclic) bond motifs is 1. The van der Waals surface area contributed by atoms with Crippen molar-refractivity contribution in [3.8, 4) is 22.4 Å². The second-order valence-electron chi connectivity index (χ2n) is 7.67. The van der Waals surface area contributed by atoms with Gasteiger partial charge in [-0.15, -0.1) is 0 Å². The van der Waals surface area contributed by atoms with Crippen molar-refractivity contribution in [3.05, 3.63) is 66.7 Å². The maximum absolute atomic E-state index is 13.5. The molecule has 0 aliphatic carbocycles. The summed E-state index contributed by atoms with van der Waals surface area (Å²) in [4.78, 5) is 24.5. The first kappa shape index (κ1) is 21.8. The number of nitrogens with one attached hydrogen (secondary N) is 2. The van der Waals surface area contributed by atoms with Crippen LogP contribution in [-0.2, 0) is 15.6 Å². The molecule has 0 saturated heterocycles. The molecule has 3 aromatic heterocycles. The maximum Gasteiger partial charge on any atom is 0.228 e. The van der Waals surface area contributed by atoms with Gasteiger partial charge >= 0.3 is 0 Å². The Morgan fingerprint density at radius 1 is 1.09 bits per heavy atom. The standard InChI is InChI=1S/C24H23FN4O2S/c1-15(11-14-32(2)31)24(30)28-20-8-7-19-21(16-9-12-26-13-10-16)22(29-23(19)27-20)17-3-5-18(25)6-4-17/h3-10,12-13,15H,11,14H2,1-2H3,(H2,27,28,29,30)/t15-,32?/m0/s1. The summed E-state index contributed by atoms with van der Waals surface area (Å²) in [6, 6.07) is 13.7. The van der Waals surface area contributed by atoms with Crippen LogP contribution in [0.2, 0.25) is 0 Å². The monoisotopic (exact) mass is 450 g/mol. The van der Waals surface area contributed by atoms with Crippen LogP contribution in [0.3, 0.4) is 0 Å². The third kappa shape index (κ3) is 4.75. The Hall–Kier alpha value is -3.39. The normalized spacial score (nSPS) is 13.1. The highest BCUT2D eigenvalue weighted by atomic mass is 32.2. The predicted molar refractivity (Wildman–Crippen MR) is 126 cm³/mol. The summed E-state index contributed by atoms with van der Waals surface area (Å²) in [5.74, 6) is 0.164. The van der Waals surface area contributed by atoms with Gasteiger partial charge in [0.2, 0.25) is 5.91 Å². The van der Waals surface area contributed by atoms with Crippen molar-refractivity contribution in [2.24, 2.45) is 5.92 Å². The fraction of sp³-hybridized carbons (Fsp3) is 0.208. The van der Waals surface area contributed by atoms with Crippen molar-refractivity contribution in [2.75, 3.05) is 17.3 Å². The number of aromatic amines is 1. The average Bonchev–Trinajstić information content (AvgIpc) is 3.17. The number of halogens is 1. The molecule has 0 saturated carbocycles. The van der Waals surface area contributed by atoms with Gasteiger partial charge in [0.15, 0.2) is 0 Å². The number of aromatic nitrogens is 3. The van der Waals surface area contributed by atoms with E-state index in [1.54, 1.807) is 36.8 Å². The molecule has 3 heterocycles. The number of hydrogen-bond donors (Lipinski definition) is 2. The van der Waals surface area contributed by atoms with E-state index in [9.17, 15) is 13.4 Å². The first-order valence-corrected chi connectivity index (χ1v) is 11.9. The van der Waals surface area contributed by atoms with E-state index in [4.69, 9.17) is 0 Å². The summed E-state index contributed by atoms with van der Waals surface area (Å²) < 4.78 is 24.8. The van der Waals surface area contributed by atoms with Gasteiger partial charge in [-0.05, 0) is 66.1 Å². The Morgan fingerprint density at radius 2 is 1.81 bits per heavy atom. The predicted octanol–water partition coefficient (Wildman–Crippen LogP) is 4.77. The van der Waals surface area contributed by atoms with E-state index in [-0.39, 0.29) is 17.6 Å². The summed E-state index contributed by atoms with van der Waals surface area (Å²) in [6.45, 7) is 1.81. The van der Waals surface area contributed by atoms with Crippen LogP contribution < -0.4 is 5.32 Å². The minimum Gasteiger partial charge on any atom is -0.339 e. The SMILES string of the molecule is C[C@@H](CCS(C)=O)C(=O)Nc1ccc2c(-c3ccncc3)c(-c3ccc(F)cc3)[nH]c2n1. The zero-order valence-corrected chi connectivity index (χ0v) is 18.6. The lowest BCUT2D eigenvalue weighted by molar-refractivity contribution is -0.119. The summed E-state index contributed by atoms with van der Waals surface area (Å²) in [5, 5.41) is 3.72. The Kier molecular flexibility index (Phi) is 6.41. The summed E-state index contributed by atoms with van der Waals surface area (Å²) in [6.07, 6.45) is 5.61. The van der Waals surface area contributed by atoms with Crippen molar-refractivity contribution in [1.82, 2.24) is 15.0 Å². The van der Waals surface area contributed by atoms with Crippen LogP contribution in [-0.4, -0.2) is 37.1 Å². The Morgan fingerprint density at radius 3 is 2.50 bits per heavy atom. The molecule has 0 spiro atoms. The number of amides is 1. The highest BCUT2D eigenvalue weighted by Crippen LogP contribution is 2.38. The molecule has 4 aromatic rings. The minimum absolute atomic E-state index is 0.165. The fourth-order valence-corrected chi connectivity index (χ4v) is 4.20. The molecule has 4 rings (SSSR count). The molecule has 1 unspecified atom stereocenters. The fourth-order valence-electron chi connectivity index (χ4n) is 3.52. The topological polar surface area (TPSA) is 87.7 Å². The first-order chi connectivity index (χ1) is 15.4. The zero-order valence-electron chi connectivity index (χ0n) is 17.8. The van der Waals surface area contributed by atoms with E-state index in [0.29, 0.717) is 23.6 Å². The lowest BCUT2D eigenvalue weighted by atomic mass is 10.00. The van der Waals surface area contributed by atoms with Gasteiger partial charge in [0.1, 0.15) is 17.3 Å². The third-order valence-electron chi connectivity index (χ3n) is 5.30. The van der Waals surface area contributed by atoms with E-state index in [1.165, 1.54) is 12.1 Å². The van der Waals surface area contributed by atoms with Crippen LogP contribution in [0, 0.1) is 11.7 Å². The molecule has 2 N–H and O–H groups in total. The molecule has 164 valence electrons. The van der Waals surface area contributed by atoms with Gasteiger partial charge < -0.3 is 10.3 Å². The van der Waals surface area contributed by atoms with E-state index in [2.05, 4.69) is 20.3 Å². The summed E-state index contributed by atoms with van der Waals surface area (Å²) in [7, 11) is -0.934. The van der Waals surface area contributed by atoms with Crippen LogP contribution in [0.5, 0.6) is 0 Å². The summed E-state index contributed by atoms with van der Waals surface area (Å²) >= 11 is 0. The number of carbonyl (C=O) groups excluding carboxylic acids is 1. The van der Waals surface area contributed by atoms with Gasteiger partial charge in [0.25, 0.3) is 0 Å². The molecule has 0 bridgehead atoms. The zero-order chi connectivity index (χ0) is 22.7. The van der Waals surface area contributed by atoms with E-state index >= 15 is 0 Å². The Bertz CT molecular complexity index is 1270. The quantitative estimate of drug-likeness (QED) is 0.424. The van der Waals surface area contributed by atoms with Crippen molar-refractivity contribution in [1.29, 1.82) is 0 Å². The summed E-state index contributed by atoms with van der Waals surface area (Å²) in [5.41, 5.74) is 4.11. The van der Waals surface area contributed by atoms with Gasteiger partial charge in [-0.2, -0.15) is 0 Å². The van der Waals surface area contributed by atoms with Crippen molar-refractivity contribution >= 4 is 33.6 Å². The molecule has 0 aliphatic rings. The Labute approximate surface area is 187 Å². The maximum atomic E-state index is 13.5. The smallest absolute Gasteiger partial charge is 0.228 e. The number of benzene rings is 1. The highest BCUT2D eigenvalue weighted by Gasteiger charge is 2.18. The molecule has 32 heavy (non-hydrogen) atoms. The van der Waals surface area contributed by atoms with E-state index < -0.39 is 10.8 Å². The van der Waals surface area contributed by atoms with Crippen molar-refractivity contribution < 1.29 is 13.4 Å². The van der Waals surface area contributed by atoms with Crippen LogP contribution in [0.1, 0.15) is 13.3 Å². The van der Waals surface area contributed by atoms with Gasteiger partial charge in [-0.25, -0.2) is 9.37 Å². The van der Waals surface area contributed by atoms with Crippen molar-refractivity contribution in [3.63, 3.8) is 0 Å². The molecular formula is C24H23FN4O2S. The number of rotatable bonds is 7. The number of anilines is 1. The average molecular weight is 451 g/mol. The molecule has 6 nitrogen and oxygen atoms in total. The number of carbonyl (C=O) groups is 1. The highest BCUT2D eigenvalue weighted by molar-refractivity contribution is 7.84. The molecule has 0 fully saturated rings. The molecule has 2 atom stereocenters. The number of pyridine rings is 2. The first-order valence-electron chi connectivity index (χ1n) is 10.2. The second kappa shape index (κ2) is 9.40. The van der Waals surface area contributed by atoms with Gasteiger partial charge in [0, 0.05) is 52.1 Å². The minimum atomic E-state index is -0.934. The molecule has 0 radical (unpaired) electrons. The van der Waals surface area contributed by atoms with Gasteiger partial charge in [-0.3, -0.25) is 14.0 Å². The van der Waals surface area contributed by atoms with Crippen LogP contribution in [0.4, 0.5) is 10.2 Å². The van der Waals surface area contributed by atoms with Crippen LogP contribution in [0.25, 0.3) is 33.4 Å². The molecule has 8 heteroatoms. The van der Waals surface area contributed by atoms with Crippen molar-refractivity contribution in [2.45, 2.75) is 13.3 Å². The molecule has 1 aromatic carbocycles.